The van der Waals surface area contributed by atoms with E-state index in [-0.39, 0.29) is 11.3 Å². The Labute approximate surface area is 102 Å². The van der Waals surface area contributed by atoms with Crippen LogP contribution in [-0.4, -0.2) is 23.5 Å². The normalized spacial score (nSPS) is 10.2. The highest BCUT2D eigenvalue weighted by Crippen LogP contribution is 2.07. The minimum absolute atomic E-state index is 0.0214. The number of furan rings is 2. The summed E-state index contributed by atoms with van der Waals surface area (Å²) in [6.45, 7) is 0.384. The van der Waals surface area contributed by atoms with Gasteiger partial charge >= 0.3 is 5.97 Å². The Kier molecular flexibility index (Phi) is 3.47. The Morgan fingerprint density at radius 2 is 2.17 bits per heavy atom. The van der Waals surface area contributed by atoms with Gasteiger partial charge in [-0.15, -0.1) is 0 Å². The van der Waals surface area contributed by atoms with Gasteiger partial charge in [-0.2, -0.15) is 0 Å². The highest BCUT2D eigenvalue weighted by molar-refractivity contribution is 5.95. The van der Waals surface area contributed by atoms with Crippen LogP contribution in [0.3, 0.4) is 0 Å². The van der Waals surface area contributed by atoms with Crippen LogP contribution in [0.1, 0.15) is 26.7 Å². The summed E-state index contributed by atoms with van der Waals surface area (Å²) >= 11 is 0. The smallest absolute Gasteiger partial charge is 0.338 e. The summed E-state index contributed by atoms with van der Waals surface area (Å²) in [6.07, 6.45) is 3.15. The molecule has 2 heterocycles. The first kappa shape index (κ1) is 12.0. The molecule has 0 aliphatic rings. The molecule has 0 saturated carbocycles. The molecule has 0 fully saturated rings. The van der Waals surface area contributed by atoms with Crippen LogP contribution in [-0.2, 0) is 6.42 Å². The minimum Gasteiger partial charge on any atom is -0.478 e. The third-order valence-corrected chi connectivity index (χ3v) is 2.31. The van der Waals surface area contributed by atoms with Gasteiger partial charge in [-0.1, -0.05) is 0 Å². The van der Waals surface area contributed by atoms with E-state index in [4.69, 9.17) is 13.9 Å². The molecule has 0 radical (unpaired) electrons. The van der Waals surface area contributed by atoms with Crippen LogP contribution in [0.4, 0.5) is 0 Å². The van der Waals surface area contributed by atoms with Crippen molar-refractivity contribution in [2.45, 2.75) is 6.42 Å². The molecule has 0 unspecified atom stereocenters. The fourth-order valence-corrected chi connectivity index (χ4v) is 1.41. The van der Waals surface area contributed by atoms with Crippen molar-refractivity contribution in [1.82, 2.24) is 5.32 Å². The first-order valence-electron chi connectivity index (χ1n) is 5.29. The molecule has 1 amide bonds. The number of carbonyl (C=O) groups excluding carboxylic acids is 1. The first-order chi connectivity index (χ1) is 8.66. The zero-order chi connectivity index (χ0) is 13.0. The van der Waals surface area contributed by atoms with E-state index in [0.29, 0.717) is 13.0 Å². The number of hydrogen-bond acceptors (Lipinski definition) is 4. The largest absolute Gasteiger partial charge is 0.478 e. The highest BCUT2D eigenvalue weighted by Gasteiger charge is 2.14. The van der Waals surface area contributed by atoms with E-state index < -0.39 is 11.9 Å². The van der Waals surface area contributed by atoms with E-state index in [9.17, 15) is 9.59 Å². The van der Waals surface area contributed by atoms with Crippen molar-refractivity contribution in [3.8, 4) is 0 Å². The van der Waals surface area contributed by atoms with Gasteiger partial charge in [0.15, 0.2) is 5.76 Å². The molecular weight excluding hydrogens is 238 g/mol. The van der Waals surface area contributed by atoms with Gasteiger partial charge in [0, 0.05) is 19.0 Å². The maximum Gasteiger partial charge on any atom is 0.338 e. The Hall–Kier alpha value is -2.50. The third kappa shape index (κ3) is 2.79. The number of carbonyl (C=O) groups is 2. The summed E-state index contributed by atoms with van der Waals surface area (Å²) in [6, 6.07) is 4.76. The Morgan fingerprint density at radius 1 is 1.33 bits per heavy atom. The summed E-state index contributed by atoms with van der Waals surface area (Å²) in [7, 11) is 0. The molecule has 2 aromatic heterocycles. The van der Waals surface area contributed by atoms with Crippen LogP contribution in [0, 0.1) is 0 Å². The Balaban J connectivity index is 1.85. The van der Waals surface area contributed by atoms with E-state index in [2.05, 4.69) is 5.32 Å². The van der Waals surface area contributed by atoms with Crippen molar-refractivity contribution in [3.63, 3.8) is 0 Å². The molecule has 2 rings (SSSR count). The quantitative estimate of drug-likeness (QED) is 0.838. The number of nitrogens with one attached hydrogen (secondary N) is 1. The third-order valence-electron chi connectivity index (χ3n) is 2.31. The predicted octanol–water partition coefficient (Wildman–Crippen LogP) is 1.54. The summed E-state index contributed by atoms with van der Waals surface area (Å²) in [5, 5.41) is 11.3. The average molecular weight is 249 g/mol. The molecule has 94 valence electrons. The van der Waals surface area contributed by atoms with Gasteiger partial charge in [0.05, 0.1) is 11.8 Å². The summed E-state index contributed by atoms with van der Waals surface area (Å²) in [4.78, 5) is 22.2. The van der Waals surface area contributed by atoms with Crippen molar-refractivity contribution in [2.75, 3.05) is 6.54 Å². The van der Waals surface area contributed by atoms with Crippen molar-refractivity contribution in [3.05, 3.63) is 47.8 Å². The average Bonchev–Trinajstić information content (AvgIpc) is 2.99. The Morgan fingerprint density at radius 3 is 2.78 bits per heavy atom. The molecule has 0 atom stereocenters. The number of carboxylic acids is 1. The molecule has 0 aromatic carbocycles. The fraction of sp³-hybridized carbons (Fsp3) is 0.167. The van der Waals surface area contributed by atoms with E-state index >= 15 is 0 Å². The molecular formula is C12H11NO5. The molecule has 18 heavy (non-hydrogen) atoms. The summed E-state index contributed by atoms with van der Waals surface area (Å²) < 4.78 is 9.96. The van der Waals surface area contributed by atoms with E-state index in [0.717, 1.165) is 12.0 Å². The van der Waals surface area contributed by atoms with E-state index in [1.165, 1.54) is 6.07 Å². The molecule has 2 N–H and O–H groups in total. The summed E-state index contributed by atoms with van der Waals surface area (Å²) in [5.41, 5.74) is -0.0498. The van der Waals surface area contributed by atoms with Crippen LogP contribution in [0.2, 0.25) is 0 Å². The predicted molar refractivity (Wildman–Crippen MR) is 60.4 cm³/mol. The van der Waals surface area contributed by atoms with Crippen LogP contribution >= 0.6 is 0 Å². The molecule has 0 aliphatic carbocycles. The van der Waals surface area contributed by atoms with E-state index in [1.807, 2.05) is 6.07 Å². The number of rotatable bonds is 5. The van der Waals surface area contributed by atoms with E-state index in [1.54, 1.807) is 12.3 Å². The second kappa shape index (κ2) is 5.22. The molecule has 6 heteroatoms. The van der Waals surface area contributed by atoms with Gasteiger partial charge in [0.2, 0.25) is 0 Å². The second-order valence-electron chi connectivity index (χ2n) is 3.59. The molecule has 0 bridgehead atoms. The van der Waals surface area contributed by atoms with Crippen LogP contribution in [0.15, 0.2) is 39.6 Å². The van der Waals surface area contributed by atoms with Crippen LogP contribution < -0.4 is 5.32 Å². The number of amides is 1. The van der Waals surface area contributed by atoms with Crippen LogP contribution in [0.5, 0.6) is 0 Å². The SMILES string of the molecule is O=C(O)c1coc(C(=O)NCCc2ccco2)c1. The van der Waals surface area contributed by atoms with Crippen LogP contribution in [0.25, 0.3) is 0 Å². The van der Waals surface area contributed by atoms with Crippen molar-refractivity contribution >= 4 is 11.9 Å². The number of hydrogen-bond donors (Lipinski definition) is 2. The lowest BCUT2D eigenvalue weighted by atomic mass is 10.3. The lowest BCUT2D eigenvalue weighted by Crippen LogP contribution is -2.25. The lowest BCUT2D eigenvalue weighted by Gasteiger charge is -2.00. The molecule has 6 nitrogen and oxygen atoms in total. The lowest BCUT2D eigenvalue weighted by molar-refractivity contribution is 0.0696. The first-order valence-corrected chi connectivity index (χ1v) is 5.29. The summed E-state index contributed by atoms with van der Waals surface area (Å²) in [5.74, 6) is -0.838. The highest BCUT2D eigenvalue weighted by atomic mass is 16.4. The number of carboxylic acid groups (broad SMARTS) is 1. The van der Waals surface area contributed by atoms with Crippen molar-refractivity contribution < 1.29 is 23.5 Å². The van der Waals surface area contributed by atoms with Gasteiger partial charge < -0.3 is 19.3 Å². The standard InChI is InChI=1S/C12H11NO5/c14-11(10-6-8(7-18-10)12(15)16)13-4-3-9-2-1-5-17-9/h1-2,5-7H,3-4H2,(H,13,14)(H,15,16). The number of aromatic carboxylic acids is 1. The fourth-order valence-electron chi connectivity index (χ4n) is 1.41. The second-order valence-corrected chi connectivity index (χ2v) is 3.59. The zero-order valence-electron chi connectivity index (χ0n) is 9.38. The van der Waals surface area contributed by atoms with Gasteiger partial charge in [0.1, 0.15) is 12.0 Å². The molecule has 0 aliphatic heterocycles. The maximum absolute atomic E-state index is 11.6. The molecule has 0 saturated heterocycles. The topological polar surface area (TPSA) is 92.7 Å². The van der Waals surface area contributed by atoms with Gasteiger partial charge in [-0.05, 0) is 12.1 Å². The molecule has 2 aromatic rings. The Bertz CT molecular complexity index is 541. The van der Waals surface area contributed by atoms with Gasteiger partial charge in [-0.3, -0.25) is 4.79 Å². The maximum atomic E-state index is 11.6. The minimum atomic E-state index is -1.13. The molecule has 0 spiro atoms. The van der Waals surface area contributed by atoms with Gasteiger partial charge in [-0.25, -0.2) is 4.79 Å². The van der Waals surface area contributed by atoms with Crippen molar-refractivity contribution in [2.24, 2.45) is 0 Å². The van der Waals surface area contributed by atoms with Crippen molar-refractivity contribution in [1.29, 1.82) is 0 Å². The monoisotopic (exact) mass is 249 g/mol. The van der Waals surface area contributed by atoms with Gasteiger partial charge in [0.25, 0.3) is 5.91 Å². The zero-order valence-corrected chi connectivity index (χ0v) is 9.38.